The van der Waals surface area contributed by atoms with E-state index in [1.54, 1.807) is 12.0 Å². The fourth-order valence-electron chi connectivity index (χ4n) is 3.42. The van der Waals surface area contributed by atoms with Gasteiger partial charge in [0.2, 0.25) is 11.8 Å². The smallest absolute Gasteiger partial charge is 0.228 e. The Morgan fingerprint density at radius 1 is 1.33 bits per heavy atom. The van der Waals surface area contributed by atoms with Gasteiger partial charge in [0, 0.05) is 45.8 Å². The summed E-state index contributed by atoms with van der Waals surface area (Å²) in [6, 6.07) is 0.413. The van der Waals surface area contributed by atoms with Gasteiger partial charge in [-0.05, 0) is 20.0 Å². The molecule has 2 amide bonds. The number of hydrogen-bond donors (Lipinski definition) is 0. The first-order chi connectivity index (χ1) is 9.93. The number of likely N-dealkylation sites (N-methyl/N-ethyl adjacent to an activating group) is 1. The monoisotopic (exact) mass is 297 g/mol. The number of nitrogens with zero attached hydrogens (tertiary/aromatic N) is 3. The van der Waals surface area contributed by atoms with Crippen molar-refractivity contribution in [1.82, 2.24) is 14.7 Å². The van der Waals surface area contributed by atoms with E-state index in [1.807, 2.05) is 4.90 Å². The van der Waals surface area contributed by atoms with Crippen LogP contribution >= 0.6 is 0 Å². The summed E-state index contributed by atoms with van der Waals surface area (Å²) in [5.41, 5.74) is 0. The van der Waals surface area contributed by atoms with Gasteiger partial charge in [-0.1, -0.05) is 6.92 Å². The first-order valence-electron chi connectivity index (χ1n) is 7.66. The highest BCUT2D eigenvalue weighted by atomic mass is 16.5. The highest BCUT2D eigenvalue weighted by Gasteiger charge is 2.40. The highest BCUT2D eigenvalue weighted by Crippen LogP contribution is 2.25. The molecule has 0 aromatic rings. The number of rotatable bonds is 5. The Balaban J connectivity index is 1.91. The zero-order valence-electron chi connectivity index (χ0n) is 13.5. The molecule has 0 spiro atoms. The van der Waals surface area contributed by atoms with Crippen LogP contribution in [0, 0.1) is 11.8 Å². The van der Waals surface area contributed by atoms with Crippen LogP contribution in [0.3, 0.4) is 0 Å². The largest absolute Gasteiger partial charge is 0.383 e. The molecule has 21 heavy (non-hydrogen) atoms. The second kappa shape index (κ2) is 6.75. The topological polar surface area (TPSA) is 53.1 Å². The Kier molecular flexibility index (Phi) is 5.22. The molecule has 0 unspecified atom stereocenters. The number of methoxy groups -OCH3 is 1. The molecule has 2 aliphatic heterocycles. The Labute approximate surface area is 127 Å². The summed E-state index contributed by atoms with van der Waals surface area (Å²) in [5, 5.41) is 0. The Bertz CT molecular complexity index is 400. The molecule has 6 nitrogen and oxygen atoms in total. The van der Waals surface area contributed by atoms with E-state index in [2.05, 4.69) is 25.9 Å². The van der Waals surface area contributed by atoms with Crippen molar-refractivity contribution in [3.8, 4) is 0 Å². The molecule has 2 rings (SSSR count). The quantitative estimate of drug-likeness (QED) is 0.710. The van der Waals surface area contributed by atoms with Crippen LogP contribution < -0.4 is 0 Å². The maximum Gasteiger partial charge on any atom is 0.228 e. The molecule has 0 aliphatic carbocycles. The number of amides is 2. The van der Waals surface area contributed by atoms with E-state index in [9.17, 15) is 9.59 Å². The minimum atomic E-state index is -0.178. The molecule has 2 heterocycles. The second-order valence-electron chi connectivity index (χ2n) is 6.49. The van der Waals surface area contributed by atoms with Crippen LogP contribution in [0.1, 0.15) is 13.3 Å². The summed E-state index contributed by atoms with van der Waals surface area (Å²) >= 11 is 0. The minimum absolute atomic E-state index is 0.0711. The van der Waals surface area contributed by atoms with Crippen molar-refractivity contribution in [3.63, 3.8) is 0 Å². The first-order valence-corrected chi connectivity index (χ1v) is 7.66. The van der Waals surface area contributed by atoms with Crippen molar-refractivity contribution in [2.45, 2.75) is 19.4 Å². The minimum Gasteiger partial charge on any atom is -0.383 e. The number of carbonyl (C=O) groups excluding carboxylic acids is 2. The lowest BCUT2D eigenvalue weighted by molar-refractivity contribution is -0.135. The predicted octanol–water partition coefficient (Wildman–Crippen LogP) is -0.110. The third kappa shape index (κ3) is 3.55. The normalized spacial score (nSPS) is 29.8. The van der Waals surface area contributed by atoms with Crippen LogP contribution in [-0.2, 0) is 14.3 Å². The average Bonchev–Trinajstić information content (AvgIpc) is 2.99. The molecule has 0 radical (unpaired) electrons. The molecule has 6 heteroatoms. The average molecular weight is 297 g/mol. The van der Waals surface area contributed by atoms with Crippen LogP contribution in [0.4, 0.5) is 0 Å². The summed E-state index contributed by atoms with van der Waals surface area (Å²) in [4.78, 5) is 30.4. The molecule has 2 aliphatic rings. The zero-order valence-corrected chi connectivity index (χ0v) is 13.5. The van der Waals surface area contributed by atoms with Gasteiger partial charge in [0.1, 0.15) is 0 Å². The van der Waals surface area contributed by atoms with Crippen molar-refractivity contribution < 1.29 is 14.3 Å². The van der Waals surface area contributed by atoms with Gasteiger partial charge < -0.3 is 19.4 Å². The summed E-state index contributed by atoms with van der Waals surface area (Å²) in [6.45, 7) is 5.40. The van der Waals surface area contributed by atoms with E-state index in [-0.39, 0.29) is 17.7 Å². The fraction of sp³-hybridized carbons (Fsp3) is 0.867. The van der Waals surface area contributed by atoms with Gasteiger partial charge in [-0.15, -0.1) is 0 Å². The molecule has 0 bridgehead atoms. The standard InChI is InChI=1S/C15H27N3O3/c1-11-8-18(10-13(11)16(2)3)15(20)12-7-14(19)17(9-12)5-6-21-4/h11-13H,5-10H2,1-4H3/t11-,12-,13-/m1/s1. The molecular formula is C15H27N3O3. The lowest BCUT2D eigenvalue weighted by atomic mass is 10.1. The zero-order chi connectivity index (χ0) is 15.6. The van der Waals surface area contributed by atoms with E-state index in [0.29, 0.717) is 38.1 Å². The summed E-state index contributed by atoms with van der Waals surface area (Å²) in [5.74, 6) is 0.509. The Morgan fingerprint density at radius 3 is 2.62 bits per heavy atom. The number of hydrogen-bond acceptors (Lipinski definition) is 4. The molecule has 0 aromatic carbocycles. The van der Waals surface area contributed by atoms with Gasteiger partial charge in [-0.2, -0.15) is 0 Å². The molecular weight excluding hydrogens is 270 g/mol. The summed E-state index contributed by atoms with van der Waals surface area (Å²) in [7, 11) is 5.73. The SMILES string of the molecule is COCCN1C[C@H](C(=O)N2C[C@@H](C)[C@H](N(C)C)C2)CC1=O. The summed E-state index contributed by atoms with van der Waals surface area (Å²) in [6.07, 6.45) is 0.347. The molecule has 120 valence electrons. The first kappa shape index (κ1) is 16.2. The lowest BCUT2D eigenvalue weighted by Crippen LogP contribution is -2.39. The lowest BCUT2D eigenvalue weighted by Gasteiger charge is -2.23. The molecule has 2 saturated heterocycles. The maximum atomic E-state index is 12.6. The maximum absolute atomic E-state index is 12.6. The van der Waals surface area contributed by atoms with Crippen molar-refractivity contribution in [2.75, 3.05) is 54.0 Å². The number of ether oxygens (including phenoxy) is 1. The predicted molar refractivity (Wildman–Crippen MR) is 79.8 cm³/mol. The highest BCUT2D eigenvalue weighted by molar-refractivity contribution is 5.89. The van der Waals surface area contributed by atoms with E-state index in [1.165, 1.54) is 0 Å². The second-order valence-corrected chi connectivity index (χ2v) is 6.49. The fourth-order valence-corrected chi connectivity index (χ4v) is 3.42. The van der Waals surface area contributed by atoms with E-state index >= 15 is 0 Å². The number of carbonyl (C=O) groups is 2. The third-order valence-corrected chi connectivity index (χ3v) is 4.68. The van der Waals surface area contributed by atoms with Gasteiger partial charge in [0.05, 0.1) is 12.5 Å². The van der Waals surface area contributed by atoms with E-state index < -0.39 is 0 Å². The van der Waals surface area contributed by atoms with Gasteiger partial charge in [0.15, 0.2) is 0 Å². The van der Waals surface area contributed by atoms with Crippen molar-refractivity contribution >= 4 is 11.8 Å². The number of likely N-dealkylation sites (tertiary alicyclic amines) is 2. The third-order valence-electron chi connectivity index (χ3n) is 4.68. The van der Waals surface area contributed by atoms with Crippen LogP contribution in [0.5, 0.6) is 0 Å². The molecule has 0 N–H and O–H groups in total. The van der Waals surface area contributed by atoms with Gasteiger partial charge in [-0.3, -0.25) is 9.59 Å². The Hall–Kier alpha value is -1.14. The van der Waals surface area contributed by atoms with Gasteiger partial charge in [-0.25, -0.2) is 0 Å². The van der Waals surface area contributed by atoms with Crippen LogP contribution in [0.15, 0.2) is 0 Å². The van der Waals surface area contributed by atoms with Crippen molar-refractivity contribution in [3.05, 3.63) is 0 Å². The Morgan fingerprint density at radius 2 is 2.05 bits per heavy atom. The van der Waals surface area contributed by atoms with Gasteiger partial charge in [0.25, 0.3) is 0 Å². The molecule has 0 aromatic heterocycles. The molecule has 2 fully saturated rings. The summed E-state index contributed by atoms with van der Waals surface area (Å²) < 4.78 is 5.01. The van der Waals surface area contributed by atoms with Crippen molar-refractivity contribution in [2.24, 2.45) is 11.8 Å². The van der Waals surface area contributed by atoms with Crippen LogP contribution in [-0.4, -0.2) is 86.5 Å². The van der Waals surface area contributed by atoms with Crippen molar-refractivity contribution in [1.29, 1.82) is 0 Å². The van der Waals surface area contributed by atoms with Crippen LogP contribution in [0.25, 0.3) is 0 Å². The molecule has 3 atom stereocenters. The molecule has 0 saturated carbocycles. The van der Waals surface area contributed by atoms with Gasteiger partial charge >= 0.3 is 0 Å². The van der Waals surface area contributed by atoms with Crippen LogP contribution in [0.2, 0.25) is 0 Å². The van der Waals surface area contributed by atoms with E-state index in [4.69, 9.17) is 4.74 Å². The van der Waals surface area contributed by atoms with E-state index in [0.717, 1.165) is 13.1 Å².